The van der Waals surface area contributed by atoms with Crippen molar-refractivity contribution in [1.82, 2.24) is 14.9 Å². The molecular formula is C9H16N4O. The van der Waals surface area contributed by atoms with E-state index in [1.807, 2.05) is 14.1 Å². The lowest BCUT2D eigenvalue weighted by Crippen LogP contribution is -2.16. The summed E-state index contributed by atoms with van der Waals surface area (Å²) in [6.07, 6.45) is 2.54. The molecule has 14 heavy (non-hydrogen) atoms. The lowest BCUT2D eigenvalue weighted by Gasteiger charge is -2.09. The van der Waals surface area contributed by atoms with Crippen LogP contribution in [0.4, 0.5) is 5.82 Å². The molecule has 0 unspecified atom stereocenters. The monoisotopic (exact) mass is 196 g/mol. The molecular weight excluding hydrogens is 180 g/mol. The van der Waals surface area contributed by atoms with Gasteiger partial charge >= 0.3 is 6.01 Å². The van der Waals surface area contributed by atoms with Crippen LogP contribution in [0, 0.1) is 0 Å². The van der Waals surface area contributed by atoms with Crippen LogP contribution in [0.1, 0.15) is 6.42 Å². The summed E-state index contributed by atoms with van der Waals surface area (Å²) in [5, 5.41) is 0. The molecule has 0 amide bonds. The minimum atomic E-state index is 0.351. The van der Waals surface area contributed by atoms with Crippen LogP contribution in [0.3, 0.4) is 0 Å². The third-order valence-corrected chi connectivity index (χ3v) is 1.64. The molecule has 5 nitrogen and oxygen atoms in total. The van der Waals surface area contributed by atoms with Gasteiger partial charge in [-0.3, -0.25) is 0 Å². The molecule has 0 aliphatic rings. The van der Waals surface area contributed by atoms with Gasteiger partial charge in [0.25, 0.3) is 0 Å². The topological polar surface area (TPSA) is 64.3 Å². The van der Waals surface area contributed by atoms with Gasteiger partial charge in [0.1, 0.15) is 5.82 Å². The van der Waals surface area contributed by atoms with Gasteiger partial charge in [-0.1, -0.05) is 0 Å². The Hall–Kier alpha value is -1.36. The average molecular weight is 196 g/mol. The molecule has 0 saturated heterocycles. The fourth-order valence-corrected chi connectivity index (χ4v) is 0.968. The van der Waals surface area contributed by atoms with Gasteiger partial charge in [0.15, 0.2) is 0 Å². The SMILES string of the molecule is CN(C)CCCOc1nccc(N)n1. The van der Waals surface area contributed by atoms with E-state index in [2.05, 4.69) is 14.9 Å². The van der Waals surface area contributed by atoms with Gasteiger partial charge in [0.05, 0.1) is 6.61 Å². The van der Waals surface area contributed by atoms with Gasteiger partial charge in [-0.2, -0.15) is 4.98 Å². The van der Waals surface area contributed by atoms with E-state index < -0.39 is 0 Å². The van der Waals surface area contributed by atoms with Gasteiger partial charge in [-0.15, -0.1) is 0 Å². The second-order valence-corrected chi connectivity index (χ2v) is 3.27. The smallest absolute Gasteiger partial charge is 0.318 e. The molecule has 1 rings (SSSR count). The van der Waals surface area contributed by atoms with Crippen LogP contribution in [0.25, 0.3) is 0 Å². The van der Waals surface area contributed by atoms with E-state index in [1.54, 1.807) is 12.3 Å². The Labute approximate surface area is 83.9 Å². The Morgan fingerprint density at radius 2 is 2.29 bits per heavy atom. The van der Waals surface area contributed by atoms with Gasteiger partial charge in [-0.25, -0.2) is 4.98 Å². The second kappa shape index (κ2) is 5.39. The van der Waals surface area contributed by atoms with Crippen molar-refractivity contribution in [2.75, 3.05) is 33.0 Å². The molecule has 1 aromatic heterocycles. The van der Waals surface area contributed by atoms with Gasteiger partial charge in [-0.05, 0) is 26.6 Å². The molecule has 5 heteroatoms. The highest BCUT2D eigenvalue weighted by molar-refractivity contribution is 5.26. The largest absolute Gasteiger partial charge is 0.463 e. The van der Waals surface area contributed by atoms with Crippen molar-refractivity contribution in [3.63, 3.8) is 0 Å². The zero-order chi connectivity index (χ0) is 10.4. The molecule has 0 aromatic carbocycles. The van der Waals surface area contributed by atoms with Crippen LogP contribution in [0.15, 0.2) is 12.3 Å². The summed E-state index contributed by atoms with van der Waals surface area (Å²) < 4.78 is 5.31. The molecule has 0 spiro atoms. The summed E-state index contributed by atoms with van der Waals surface area (Å²) in [7, 11) is 4.05. The summed E-state index contributed by atoms with van der Waals surface area (Å²) >= 11 is 0. The molecule has 78 valence electrons. The Morgan fingerprint density at radius 3 is 2.93 bits per heavy atom. The highest BCUT2D eigenvalue weighted by atomic mass is 16.5. The van der Waals surface area contributed by atoms with Crippen LogP contribution in [-0.2, 0) is 0 Å². The lowest BCUT2D eigenvalue weighted by atomic mass is 10.4. The molecule has 0 atom stereocenters. The predicted octanol–water partition coefficient (Wildman–Crippen LogP) is 0.389. The van der Waals surface area contributed by atoms with E-state index in [0.717, 1.165) is 13.0 Å². The van der Waals surface area contributed by atoms with Crippen molar-refractivity contribution < 1.29 is 4.74 Å². The number of hydrogen-bond donors (Lipinski definition) is 1. The van der Waals surface area contributed by atoms with Gasteiger partial charge in [0.2, 0.25) is 0 Å². The number of nitrogen functional groups attached to an aromatic ring is 1. The first-order valence-corrected chi connectivity index (χ1v) is 4.54. The van der Waals surface area contributed by atoms with E-state index >= 15 is 0 Å². The Kier molecular flexibility index (Phi) is 4.12. The number of rotatable bonds is 5. The van der Waals surface area contributed by atoms with Crippen LogP contribution in [0.2, 0.25) is 0 Å². The number of hydrogen-bond acceptors (Lipinski definition) is 5. The van der Waals surface area contributed by atoms with Crippen molar-refractivity contribution in [3.05, 3.63) is 12.3 Å². The first-order chi connectivity index (χ1) is 6.68. The van der Waals surface area contributed by atoms with Crippen molar-refractivity contribution >= 4 is 5.82 Å². The van der Waals surface area contributed by atoms with Crippen LogP contribution >= 0.6 is 0 Å². The standard InChI is InChI=1S/C9H16N4O/c1-13(2)6-3-7-14-9-11-5-4-8(10)12-9/h4-5H,3,6-7H2,1-2H3,(H2,10,11,12). The van der Waals surface area contributed by atoms with Crippen molar-refractivity contribution in [1.29, 1.82) is 0 Å². The van der Waals surface area contributed by atoms with E-state index in [-0.39, 0.29) is 0 Å². The van der Waals surface area contributed by atoms with E-state index in [4.69, 9.17) is 10.5 Å². The minimum absolute atomic E-state index is 0.351. The maximum atomic E-state index is 5.47. The lowest BCUT2D eigenvalue weighted by molar-refractivity contribution is 0.264. The number of ether oxygens (including phenoxy) is 1. The third-order valence-electron chi connectivity index (χ3n) is 1.64. The van der Waals surface area contributed by atoms with Crippen LogP contribution in [-0.4, -0.2) is 42.1 Å². The predicted molar refractivity (Wildman–Crippen MR) is 55.1 cm³/mol. The summed E-state index contributed by atoms with van der Waals surface area (Å²) in [5.41, 5.74) is 5.47. The van der Waals surface area contributed by atoms with Gasteiger partial charge < -0.3 is 15.4 Å². The maximum Gasteiger partial charge on any atom is 0.318 e. The fourth-order valence-electron chi connectivity index (χ4n) is 0.968. The summed E-state index contributed by atoms with van der Waals surface area (Å²) in [6.45, 7) is 1.60. The normalized spacial score (nSPS) is 10.5. The quantitative estimate of drug-likeness (QED) is 0.690. The third kappa shape index (κ3) is 4.04. The molecule has 0 bridgehead atoms. The second-order valence-electron chi connectivity index (χ2n) is 3.27. The number of nitrogens with zero attached hydrogens (tertiary/aromatic N) is 3. The highest BCUT2D eigenvalue weighted by Crippen LogP contribution is 2.03. The highest BCUT2D eigenvalue weighted by Gasteiger charge is 1.97. The Balaban J connectivity index is 2.25. The fraction of sp³-hybridized carbons (Fsp3) is 0.556. The number of aromatic nitrogens is 2. The van der Waals surface area contributed by atoms with Crippen molar-refractivity contribution in [2.24, 2.45) is 0 Å². The molecule has 1 heterocycles. The first kappa shape index (κ1) is 10.7. The average Bonchev–Trinajstić information content (AvgIpc) is 2.12. The Morgan fingerprint density at radius 1 is 1.50 bits per heavy atom. The summed E-state index contributed by atoms with van der Waals surface area (Å²) in [5.74, 6) is 0.433. The van der Waals surface area contributed by atoms with Crippen molar-refractivity contribution in [2.45, 2.75) is 6.42 Å². The van der Waals surface area contributed by atoms with E-state index in [0.29, 0.717) is 18.4 Å². The molecule has 0 fully saturated rings. The zero-order valence-electron chi connectivity index (χ0n) is 8.60. The van der Waals surface area contributed by atoms with E-state index in [9.17, 15) is 0 Å². The molecule has 0 radical (unpaired) electrons. The minimum Gasteiger partial charge on any atom is -0.463 e. The summed E-state index contributed by atoms with van der Waals surface area (Å²) in [6, 6.07) is 1.98. The van der Waals surface area contributed by atoms with Gasteiger partial charge in [0, 0.05) is 12.7 Å². The van der Waals surface area contributed by atoms with E-state index in [1.165, 1.54) is 0 Å². The molecule has 0 aliphatic carbocycles. The number of nitrogens with two attached hydrogens (primary N) is 1. The molecule has 0 aliphatic heterocycles. The first-order valence-electron chi connectivity index (χ1n) is 4.54. The summed E-state index contributed by atoms with van der Waals surface area (Å²) in [4.78, 5) is 9.95. The molecule has 1 aromatic rings. The maximum absolute atomic E-state index is 5.47. The Bertz CT molecular complexity index is 277. The van der Waals surface area contributed by atoms with Crippen LogP contribution in [0.5, 0.6) is 6.01 Å². The van der Waals surface area contributed by atoms with Crippen molar-refractivity contribution in [3.8, 4) is 6.01 Å². The zero-order valence-corrected chi connectivity index (χ0v) is 8.60. The molecule has 2 N–H and O–H groups in total. The van der Waals surface area contributed by atoms with Crippen LogP contribution < -0.4 is 10.5 Å². The molecule has 0 saturated carbocycles. The number of anilines is 1.